The molecule has 1 aromatic carbocycles. The Bertz CT molecular complexity index is 480. The lowest BCUT2D eigenvalue weighted by molar-refractivity contribution is -0.147. The lowest BCUT2D eigenvalue weighted by atomic mass is 9.94. The van der Waals surface area contributed by atoms with Gasteiger partial charge >= 0.3 is 5.97 Å². The van der Waals surface area contributed by atoms with Crippen LogP contribution in [0.1, 0.15) is 18.4 Å². The maximum absolute atomic E-state index is 11.5. The molecule has 1 fully saturated rings. The van der Waals surface area contributed by atoms with Crippen molar-refractivity contribution in [1.82, 2.24) is 4.90 Å². The third-order valence-corrected chi connectivity index (χ3v) is 4.44. The van der Waals surface area contributed by atoms with E-state index in [9.17, 15) is 4.79 Å². The third kappa shape index (κ3) is 2.66. The van der Waals surface area contributed by atoms with Gasteiger partial charge in [0.1, 0.15) is 12.4 Å². The fourth-order valence-corrected chi connectivity index (χ4v) is 3.21. The molecule has 4 nitrogen and oxygen atoms in total. The summed E-state index contributed by atoms with van der Waals surface area (Å²) in [6, 6.07) is 8.69. The Morgan fingerprint density at radius 3 is 2.80 bits per heavy atom. The number of methoxy groups -OCH3 is 1. The van der Waals surface area contributed by atoms with Crippen LogP contribution in [0.2, 0.25) is 0 Å². The molecule has 0 saturated carbocycles. The molecule has 4 heteroatoms. The van der Waals surface area contributed by atoms with Crippen molar-refractivity contribution in [1.29, 1.82) is 0 Å². The number of hydrogen-bond acceptors (Lipinski definition) is 4. The van der Waals surface area contributed by atoms with Gasteiger partial charge in [0.2, 0.25) is 0 Å². The number of carbonyl (C=O) groups is 1. The fraction of sp³-hybridized carbons (Fsp3) is 0.562. The SMILES string of the molecule is COC(=O)C1CCN(C2COc3ccccc3C2)CC1. The molecule has 0 bridgehead atoms. The topological polar surface area (TPSA) is 38.8 Å². The van der Waals surface area contributed by atoms with Gasteiger partial charge in [-0.2, -0.15) is 0 Å². The van der Waals surface area contributed by atoms with E-state index >= 15 is 0 Å². The normalized spacial score (nSPS) is 23.8. The monoisotopic (exact) mass is 275 g/mol. The van der Waals surface area contributed by atoms with Crippen LogP contribution in [0.25, 0.3) is 0 Å². The highest BCUT2D eigenvalue weighted by Gasteiger charge is 2.31. The van der Waals surface area contributed by atoms with Crippen LogP contribution in [-0.4, -0.2) is 43.7 Å². The quantitative estimate of drug-likeness (QED) is 0.773. The molecule has 2 heterocycles. The molecule has 0 amide bonds. The van der Waals surface area contributed by atoms with Gasteiger partial charge in [0, 0.05) is 6.04 Å². The minimum absolute atomic E-state index is 0.0603. The number of carbonyl (C=O) groups excluding carboxylic acids is 1. The first-order valence-corrected chi connectivity index (χ1v) is 7.30. The average Bonchev–Trinajstić information content (AvgIpc) is 2.54. The predicted octanol–water partition coefficient (Wildman–Crippen LogP) is 1.88. The molecule has 1 aromatic rings. The molecule has 1 unspecified atom stereocenters. The van der Waals surface area contributed by atoms with Gasteiger partial charge in [-0.15, -0.1) is 0 Å². The van der Waals surface area contributed by atoms with Crippen molar-refractivity contribution in [2.75, 3.05) is 26.8 Å². The van der Waals surface area contributed by atoms with E-state index in [4.69, 9.17) is 9.47 Å². The van der Waals surface area contributed by atoms with E-state index in [-0.39, 0.29) is 11.9 Å². The van der Waals surface area contributed by atoms with Crippen LogP contribution in [0.4, 0.5) is 0 Å². The number of ether oxygens (including phenoxy) is 2. The van der Waals surface area contributed by atoms with Crippen LogP contribution >= 0.6 is 0 Å². The maximum atomic E-state index is 11.5. The molecule has 108 valence electrons. The summed E-state index contributed by atoms with van der Waals surface area (Å²) >= 11 is 0. The first kappa shape index (κ1) is 13.4. The molecule has 3 rings (SSSR count). The molecule has 0 aromatic heterocycles. The van der Waals surface area contributed by atoms with Crippen LogP contribution in [0, 0.1) is 5.92 Å². The van der Waals surface area contributed by atoms with Gasteiger partial charge < -0.3 is 9.47 Å². The summed E-state index contributed by atoms with van der Waals surface area (Å²) in [4.78, 5) is 14.0. The molecule has 0 N–H and O–H groups in total. The fourth-order valence-electron chi connectivity index (χ4n) is 3.21. The largest absolute Gasteiger partial charge is 0.492 e. The second kappa shape index (κ2) is 5.83. The predicted molar refractivity (Wildman–Crippen MR) is 75.7 cm³/mol. The molecule has 1 saturated heterocycles. The summed E-state index contributed by atoms with van der Waals surface area (Å²) in [5, 5.41) is 0. The highest BCUT2D eigenvalue weighted by Crippen LogP contribution is 2.28. The summed E-state index contributed by atoms with van der Waals surface area (Å²) in [7, 11) is 1.47. The van der Waals surface area contributed by atoms with Crippen LogP contribution in [-0.2, 0) is 16.0 Å². The Kier molecular flexibility index (Phi) is 3.92. The molecule has 2 aliphatic rings. The van der Waals surface area contributed by atoms with Gasteiger partial charge in [0.05, 0.1) is 13.0 Å². The van der Waals surface area contributed by atoms with Crippen molar-refractivity contribution in [3.63, 3.8) is 0 Å². The number of nitrogens with zero attached hydrogens (tertiary/aromatic N) is 1. The summed E-state index contributed by atoms with van der Waals surface area (Å²) in [5.74, 6) is 1.04. The van der Waals surface area contributed by atoms with Crippen molar-refractivity contribution in [3.8, 4) is 5.75 Å². The minimum atomic E-state index is -0.0603. The highest BCUT2D eigenvalue weighted by atomic mass is 16.5. The first-order chi connectivity index (χ1) is 9.78. The molecule has 0 radical (unpaired) electrons. The standard InChI is InChI=1S/C16H21NO3/c1-19-16(18)12-6-8-17(9-7-12)14-10-13-4-2-3-5-15(13)20-11-14/h2-5,12,14H,6-11H2,1H3. The average molecular weight is 275 g/mol. The zero-order valence-electron chi connectivity index (χ0n) is 11.9. The Labute approximate surface area is 119 Å². The summed E-state index contributed by atoms with van der Waals surface area (Å²) in [5.41, 5.74) is 1.29. The maximum Gasteiger partial charge on any atom is 0.308 e. The molecular formula is C16H21NO3. The van der Waals surface area contributed by atoms with Gasteiger partial charge in [-0.3, -0.25) is 9.69 Å². The van der Waals surface area contributed by atoms with E-state index < -0.39 is 0 Å². The van der Waals surface area contributed by atoms with Crippen LogP contribution in [0.3, 0.4) is 0 Å². The summed E-state index contributed by atoms with van der Waals surface area (Å²) in [6.07, 6.45) is 2.83. The Morgan fingerprint density at radius 2 is 2.05 bits per heavy atom. The molecular weight excluding hydrogens is 254 g/mol. The smallest absolute Gasteiger partial charge is 0.308 e. The lowest BCUT2D eigenvalue weighted by Crippen LogP contribution is -2.47. The number of piperidine rings is 1. The summed E-state index contributed by atoms with van der Waals surface area (Å²) in [6.45, 7) is 2.66. The number of rotatable bonds is 2. The number of esters is 1. The zero-order chi connectivity index (χ0) is 13.9. The molecule has 0 spiro atoms. The zero-order valence-corrected chi connectivity index (χ0v) is 11.9. The number of hydrogen-bond donors (Lipinski definition) is 0. The van der Waals surface area contributed by atoms with Crippen molar-refractivity contribution < 1.29 is 14.3 Å². The van der Waals surface area contributed by atoms with E-state index in [1.807, 2.05) is 12.1 Å². The van der Waals surface area contributed by atoms with Gasteiger partial charge in [-0.05, 0) is 44.0 Å². The Hall–Kier alpha value is -1.55. The molecule has 0 aliphatic carbocycles. The van der Waals surface area contributed by atoms with Crippen molar-refractivity contribution >= 4 is 5.97 Å². The van der Waals surface area contributed by atoms with E-state index in [1.165, 1.54) is 12.7 Å². The van der Waals surface area contributed by atoms with Crippen molar-refractivity contribution in [2.24, 2.45) is 5.92 Å². The van der Waals surface area contributed by atoms with Crippen molar-refractivity contribution in [2.45, 2.75) is 25.3 Å². The second-order valence-electron chi connectivity index (χ2n) is 5.61. The van der Waals surface area contributed by atoms with Gasteiger partial charge in [0.25, 0.3) is 0 Å². The molecule has 1 atom stereocenters. The van der Waals surface area contributed by atoms with E-state index in [0.717, 1.165) is 44.7 Å². The van der Waals surface area contributed by atoms with Crippen LogP contribution in [0.15, 0.2) is 24.3 Å². The number of para-hydroxylation sites is 1. The number of benzene rings is 1. The Morgan fingerprint density at radius 1 is 1.30 bits per heavy atom. The van der Waals surface area contributed by atoms with Gasteiger partial charge in [0.15, 0.2) is 0 Å². The summed E-state index contributed by atoms with van der Waals surface area (Å²) < 4.78 is 10.7. The molecule has 2 aliphatic heterocycles. The van der Waals surface area contributed by atoms with Crippen LogP contribution < -0.4 is 4.74 Å². The van der Waals surface area contributed by atoms with Gasteiger partial charge in [-0.1, -0.05) is 18.2 Å². The van der Waals surface area contributed by atoms with Gasteiger partial charge in [-0.25, -0.2) is 0 Å². The number of fused-ring (bicyclic) bond motifs is 1. The van der Waals surface area contributed by atoms with E-state index in [1.54, 1.807) is 0 Å². The van der Waals surface area contributed by atoms with Crippen LogP contribution in [0.5, 0.6) is 5.75 Å². The third-order valence-electron chi connectivity index (χ3n) is 4.44. The first-order valence-electron chi connectivity index (χ1n) is 7.30. The Balaban J connectivity index is 1.59. The lowest BCUT2D eigenvalue weighted by Gasteiger charge is -2.38. The van der Waals surface area contributed by atoms with Crippen molar-refractivity contribution in [3.05, 3.63) is 29.8 Å². The van der Waals surface area contributed by atoms with E-state index in [0.29, 0.717) is 6.04 Å². The highest BCUT2D eigenvalue weighted by molar-refractivity contribution is 5.72. The second-order valence-corrected chi connectivity index (χ2v) is 5.61. The molecule has 20 heavy (non-hydrogen) atoms. The minimum Gasteiger partial charge on any atom is -0.492 e. The van der Waals surface area contributed by atoms with E-state index in [2.05, 4.69) is 17.0 Å². The number of likely N-dealkylation sites (tertiary alicyclic amines) is 1.